The van der Waals surface area contributed by atoms with Crippen LogP contribution >= 0.6 is 0 Å². The number of urea groups is 1. The molecule has 2 aromatic rings. The predicted molar refractivity (Wildman–Crippen MR) is 194 cm³/mol. The summed E-state index contributed by atoms with van der Waals surface area (Å²) in [4.78, 5) is 12.0. The number of hydrogen-bond donors (Lipinski definition) is 4. The van der Waals surface area contributed by atoms with Gasteiger partial charge in [-0.15, -0.1) is 0 Å². The Morgan fingerprint density at radius 1 is 0.688 bits per heavy atom. The molecule has 0 aliphatic carbocycles. The SMILES string of the molecule is CCCCCCCCCCCCCCCCS(=O)(=O)Nc1ccc(OC)c(NC(=O)NNc2cc(S(C)(=O)=O)c(S(C)(=O)=O)cc2C)c1. The standard InChI is InChI=1S/C33H54N4O8S3/c1-6-7-8-9-10-11-12-13-14-15-16-17-18-19-22-48(43,44)37-27-20-21-30(45-3)29(24-27)34-33(38)36-35-28-25-32(47(5,41)42)31(23-26(28)2)46(4,39)40/h20-21,23-25,35,37H,6-19,22H2,1-5H3,(H2,34,36,38). The maximum absolute atomic E-state index is 12.7. The highest BCUT2D eigenvalue weighted by molar-refractivity contribution is 7.94. The second-order valence-corrected chi connectivity index (χ2v) is 18.1. The van der Waals surface area contributed by atoms with Gasteiger partial charge in [-0.05, 0) is 49.2 Å². The highest BCUT2D eigenvalue weighted by Gasteiger charge is 2.23. The number of nitrogens with one attached hydrogen (secondary N) is 4. The van der Waals surface area contributed by atoms with Gasteiger partial charge in [0.15, 0.2) is 19.7 Å². The van der Waals surface area contributed by atoms with Crippen molar-refractivity contribution in [2.75, 3.05) is 40.8 Å². The second-order valence-electron chi connectivity index (χ2n) is 12.3. The first kappa shape index (κ1) is 41.1. The molecule has 0 unspecified atom stereocenters. The summed E-state index contributed by atoms with van der Waals surface area (Å²) in [6.07, 6.45) is 18.3. The molecule has 272 valence electrons. The summed E-state index contributed by atoms with van der Waals surface area (Å²) in [5, 5.41) is 2.57. The lowest BCUT2D eigenvalue weighted by Crippen LogP contribution is -2.34. The number of carbonyl (C=O) groups is 1. The third-order valence-electron chi connectivity index (χ3n) is 7.89. The van der Waals surface area contributed by atoms with Crippen molar-refractivity contribution in [2.45, 2.75) is 114 Å². The minimum Gasteiger partial charge on any atom is -0.495 e. The van der Waals surface area contributed by atoms with Crippen molar-refractivity contribution < 1.29 is 34.8 Å². The van der Waals surface area contributed by atoms with Gasteiger partial charge in [0, 0.05) is 12.5 Å². The molecule has 2 amide bonds. The Balaban J connectivity index is 1.85. The molecule has 48 heavy (non-hydrogen) atoms. The van der Waals surface area contributed by atoms with Gasteiger partial charge >= 0.3 is 6.03 Å². The van der Waals surface area contributed by atoms with Crippen LogP contribution in [0.25, 0.3) is 0 Å². The van der Waals surface area contributed by atoms with E-state index in [2.05, 4.69) is 27.8 Å². The number of aryl methyl sites for hydroxylation is 1. The average molecular weight is 731 g/mol. The molecule has 0 aliphatic rings. The smallest absolute Gasteiger partial charge is 0.337 e. The van der Waals surface area contributed by atoms with Crippen molar-refractivity contribution in [1.29, 1.82) is 0 Å². The van der Waals surface area contributed by atoms with E-state index in [0.717, 1.165) is 37.8 Å². The van der Waals surface area contributed by atoms with Crippen molar-refractivity contribution in [3.63, 3.8) is 0 Å². The van der Waals surface area contributed by atoms with Gasteiger partial charge in [0.1, 0.15) is 5.75 Å². The van der Waals surface area contributed by atoms with Gasteiger partial charge in [0.2, 0.25) is 10.0 Å². The summed E-state index contributed by atoms with van der Waals surface area (Å²) in [6.45, 7) is 3.79. The van der Waals surface area contributed by atoms with Gasteiger partial charge in [0.25, 0.3) is 0 Å². The molecule has 0 aliphatic heterocycles. The van der Waals surface area contributed by atoms with Gasteiger partial charge < -0.3 is 10.1 Å². The number of methoxy groups -OCH3 is 1. The van der Waals surface area contributed by atoms with Crippen molar-refractivity contribution in [1.82, 2.24) is 5.43 Å². The van der Waals surface area contributed by atoms with Crippen molar-refractivity contribution >= 4 is 52.8 Å². The zero-order valence-electron chi connectivity index (χ0n) is 29.0. The molecule has 15 heteroatoms. The molecule has 0 aromatic heterocycles. The van der Waals surface area contributed by atoms with E-state index in [1.807, 2.05) is 0 Å². The third kappa shape index (κ3) is 15.0. The number of ether oxygens (including phenoxy) is 1. The number of carbonyl (C=O) groups excluding carboxylic acids is 1. The minimum absolute atomic E-state index is 0.0167. The highest BCUT2D eigenvalue weighted by atomic mass is 32.2. The molecule has 2 rings (SSSR count). The zero-order valence-corrected chi connectivity index (χ0v) is 31.4. The van der Waals surface area contributed by atoms with E-state index in [0.29, 0.717) is 12.0 Å². The summed E-state index contributed by atoms with van der Waals surface area (Å²) in [5.74, 6) is 0.255. The fourth-order valence-electron chi connectivity index (χ4n) is 5.24. The Morgan fingerprint density at radius 2 is 1.19 bits per heavy atom. The molecule has 0 radical (unpaired) electrons. The van der Waals surface area contributed by atoms with Crippen molar-refractivity contribution in [3.05, 3.63) is 35.9 Å². The van der Waals surface area contributed by atoms with E-state index in [1.165, 1.54) is 95.6 Å². The zero-order chi connectivity index (χ0) is 35.8. The van der Waals surface area contributed by atoms with Crippen LogP contribution in [0.4, 0.5) is 21.9 Å². The molecule has 0 saturated carbocycles. The van der Waals surface area contributed by atoms with Gasteiger partial charge in [-0.2, -0.15) is 0 Å². The first-order valence-electron chi connectivity index (χ1n) is 16.6. The van der Waals surface area contributed by atoms with Crippen LogP contribution in [-0.4, -0.2) is 56.7 Å². The van der Waals surface area contributed by atoms with Gasteiger partial charge in [-0.25, -0.2) is 30.0 Å². The van der Waals surface area contributed by atoms with E-state index in [1.54, 1.807) is 6.92 Å². The van der Waals surface area contributed by atoms with E-state index < -0.39 is 40.6 Å². The van der Waals surface area contributed by atoms with Crippen LogP contribution < -0.4 is 25.6 Å². The van der Waals surface area contributed by atoms with Gasteiger partial charge in [0.05, 0.1) is 39.7 Å². The fourth-order valence-corrected chi connectivity index (χ4v) is 8.89. The summed E-state index contributed by atoms with van der Waals surface area (Å²) in [7, 11) is -9.97. The van der Waals surface area contributed by atoms with Crippen LogP contribution in [-0.2, 0) is 29.7 Å². The number of amides is 2. The molecule has 0 heterocycles. The largest absolute Gasteiger partial charge is 0.495 e. The molecule has 4 N–H and O–H groups in total. The molecular weight excluding hydrogens is 677 g/mol. The average Bonchev–Trinajstić information content (AvgIpc) is 2.99. The number of sulfonamides is 1. The number of sulfone groups is 2. The first-order valence-corrected chi connectivity index (χ1v) is 22.1. The minimum atomic E-state index is -3.91. The number of unbranched alkanes of at least 4 members (excludes halogenated alkanes) is 13. The maximum Gasteiger partial charge on any atom is 0.337 e. The Labute approximate surface area is 288 Å². The number of hydrogen-bond acceptors (Lipinski definition) is 9. The van der Waals surface area contributed by atoms with Crippen molar-refractivity contribution in [3.8, 4) is 5.75 Å². The molecular formula is C33H54N4O8S3. The van der Waals surface area contributed by atoms with Gasteiger partial charge in [-0.3, -0.25) is 15.6 Å². The molecule has 0 atom stereocenters. The molecule has 0 saturated heterocycles. The summed E-state index contributed by atoms with van der Waals surface area (Å²) in [5.41, 5.74) is 5.93. The van der Waals surface area contributed by atoms with Crippen LogP contribution in [0.15, 0.2) is 40.1 Å². The van der Waals surface area contributed by atoms with Crippen LogP contribution in [0.5, 0.6) is 5.75 Å². The molecule has 2 aromatic carbocycles. The lowest BCUT2D eigenvalue weighted by molar-refractivity contribution is 0.253. The van der Waals surface area contributed by atoms with E-state index in [-0.39, 0.29) is 33.5 Å². The maximum atomic E-state index is 12.7. The summed E-state index contributed by atoms with van der Waals surface area (Å²) >= 11 is 0. The summed E-state index contributed by atoms with van der Waals surface area (Å²) in [6, 6.07) is 6.04. The van der Waals surface area contributed by atoms with Crippen molar-refractivity contribution in [2.24, 2.45) is 0 Å². The quantitative estimate of drug-likeness (QED) is 0.0681. The predicted octanol–water partition coefficient (Wildman–Crippen LogP) is 7.18. The highest BCUT2D eigenvalue weighted by Crippen LogP contribution is 2.30. The number of anilines is 3. The topological polar surface area (TPSA) is 177 Å². The van der Waals surface area contributed by atoms with Crippen LogP contribution in [0, 0.1) is 6.92 Å². The van der Waals surface area contributed by atoms with Crippen LogP contribution in [0.2, 0.25) is 0 Å². The lowest BCUT2D eigenvalue weighted by atomic mass is 10.0. The molecule has 0 spiro atoms. The van der Waals surface area contributed by atoms with Crippen LogP contribution in [0.3, 0.4) is 0 Å². The van der Waals surface area contributed by atoms with Gasteiger partial charge in [-0.1, -0.05) is 90.4 Å². The van der Waals surface area contributed by atoms with Crippen LogP contribution in [0.1, 0.15) is 102 Å². The Kier molecular flexibility index (Phi) is 17.0. The normalized spacial score (nSPS) is 12.0. The lowest BCUT2D eigenvalue weighted by Gasteiger charge is -2.17. The number of benzene rings is 2. The first-order chi connectivity index (χ1) is 22.6. The second kappa shape index (κ2) is 19.8. The summed E-state index contributed by atoms with van der Waals surface area (Å²) < 4.78 is 82.2. The fraction of sp³-hybridized carbons (Fsp3) is 0.606. The van der Waals surface area contributed by atoms with E-state index in [4.69, 9.17) is 4.74 Å². The van der Waals surface area contributed by atoms with E-state index >= 15 is 0 Å². The monoisotopic (exact) mass is 730 g/mol. The number of rotatable bonds is 23. The van der Waals surface area contributed by atoms with E-state index in [9.17, 15) is 30.0 Å². The molecule has 0 bridgehead atoms. The Morgan fingerprint density at radius 3 is 1.69 bits per heavy atom. The Bertz CT molecular complexity index is 1660. The molecule has 12 nitrogen and oxygen atoms in total. The molecule has 0 fully saturated rings. The third-order valence-corrected chi connectivity index (χ3v) is 11.7. The Hall–Kier alpha value is -3.04. The number of hydrazine groups is 1.